The van der Waals surface area contributed by atoms with Crippen LogP contribution in [-0.4, -0.2) is 66.3 Å². The molecule has 0 fully saturated rings. The molecule has 0 unspecified atom stereocenters. The molecule has 0 saturated heterocycles. The summed E-state index contributed by atoms with van der Waals surface area (Å²) in [6, 6.07) is 7.08. The first-order valence-corrected chi connectivity index (χ1v) is 21.3. The highest BCUT2D eigenvalue weighted by Gasteiger charge is 2.33. The lowest BCUT2D eigenvalue weighted by molar-refractivity contribution is -0.120. The normalized spacial score (nSPS) is 18.7. The first kappa shape index (κ1) is 48.5. The molecule has 3 aliphatic rings. The molecule has 3 aromatic rings. The molecule has 3 atom stereocenters. The standard InChI is InChI=1S/C16H20BrFN2O3.C15H18BrFN2O3.C10H10BrFN2O/c1-16(2,3)23-15(22)19-12-6-5-10-11(18)7-9(17)8-13(10)20(4)14(12)21;1-15(2,3)22-14(21)19-11-5-4-9-10(17)6-8(16)7-12(9)18-13(11)20;11-5-3-7(12)6-1-2-8(13)10(15)14-9(6)4-5/h7-8,12H,5-6H2,1-4H3,(H,19,22);6-7,11H,4-5H2,1-3H3,(H,18,20)(H,19,21);3-4,8H,1-2,13H2,(H,14,15)/t12-;11-;8-/m000/s1. The van der Waals surface area contributed by atoms with Crippen LogP contribution in [-0.2, 0) is 43.1 Å². The SMILES string of the molecule is CC(C)(C)OC(=O)N[C@H]1CCc2c(F)cc(Br)cc2NC1=O.CN1C(=O)[C@@H](NC(=O)OC(C)(C)C)CCc2c(F)cc(Br)cc21.N[C@H]1CCc2c(F)cc(Br)cc2NC1=O. The lowest BCUT2D eigenvalue weighted by atomic mass is 10.1. The zero-order chi connectivity index (χ0) is 44.9. The van der Waals surface area contributed by atoms with Gasteiger partial charge in [-0.3, -0.25) is 14.4 Å². The average Bonchev–Trinajstić information content (AvgIpc) is 3.40. The van der Waals surface area contributed by atoms with E-state index in [9.17, 15) is 37.1 Å². The number of nitrogens with two attached hydrogens (primary N) is 1. The molecule has 0 radical (unpaired) electrons. The number of fused-ring (bicyclic) bond motifs is 3. The first-order valence-electron chi connectivity index (χ1n) is 18.9. The Balaban J connectivity index is 0.000000203. The van der Waals surface area contributed by atoms with E-state index < -0.39 is 41.5 Å². The molecule has 5 amide bonds. The number of hydrogen-bond acceptors (Lipinski definition) is 8. The Morgan fingerprint density at radius 3 is 1.57 bits per heavy atom. The van der Waals surface area contributed by atoms with Crippen molar-refractivity contribution in [3.63, 3.8) is 0 Å². The van der Waals surface area contributed by atoms with Crippen molar-refractivity contribution < 1.29 is 46.6 Å². The number of carbonyl (C=O) groups excluding carboxylic acids is 5. The zero-order valence-electron chi connectivity index (χ0n) is 34.1. The lowest BCUT2D eigenvalue weighted by Crippen LogP contribution is -2.48. The third-order valence-electron chi connectivity index (χ3n) is 9.07. The number of halogens is 6. The second-order valence-corrected chi connectivity index (χ2v) is 19.0. The number of benzene rings is 3. The van der Waals surface area contributed by atoms with E-state index in [-0.39, 0.29) is 35.2 Å². The van der Waals surface area contributed by atoms with Crippen LogP contribution in [0, 0.1) is 17.5 Å². The fourth-order valence-electron chi connectivity index (χ4n) is 6.31. The Bertz CT molecular complexity index is 2150. The van der Waals surface area contributed by atoms with E-state index in [2.05, 4.69) is 69.1 Å². The van der Waals surface area contributed by atoms with E-state index in [1.807, 2.05) is 0 Å². The van der Waals surface area contributed by atoms with E-state index in [1.54, 1.807) is 66.8 Å². The van der Waals surface area contributed by atoms with Gasteiger partial charge in [-0.2, -0.15) is 0 Å². The van der Waals surface area contributed by atoms with Crippen LogP contribution in [0.25, 0.3) is 0 Å². The Hall–Kier alpha value is -4.20. The molecule has 0 saturated carbocycles. The van der Waals surface area contributed by atoms with E-state index in [4.69, 9.17) is 15.2 Å². The second-order valence-electron chi connectivity index (χ2n) is 16.2. The van der Waals surface area contributed by atoms with Crippen LogP contribution in [0.1, 0.15) is 77.5 Å². The summed E-state index contributed by atoms with van der Waals surface area (Å²) in [4.78, 5) is 61.2. The van der Waals surface area contributed by atoms with Crippen LogP contribution in [0.15, 0.2) is 49.8 Å². The van der Waals surface area contributed by atoms with Gasteiger partial charge in [-0.15, -0.1) is 0 Å². The summed E-state index contributed by atoms with van der Waals surface area (Å²) in [7, 11) is 1.57. The van der Waals surface area contributed by atoms with Crippen LogP contribution in [0.3, 0.4) is 0 Å². The molecule has 0 bridgehead atoms. The lowest BCUT2D eigenvalue weighted by Gasteiger charge is -2.24. The van der Waals surface area contributed by atoms with Gasteiger partial charge in [0.25, 0.3) is 0 Å². The van der Waals surface area contributed by atoms with Gasteiger partial charge in [-0.05, 0) is 116 Å². The maximum Gasteiger partial charge on any atom is 0.408 e. The quantitative estimate of drug-likeness (QED) is 0.169. The van der Waals surface area contributed by atoms with Gasteiger partial charge in [-0.1, -0.05) is 47.8 Å². The van der Waals surface area contributed by atoms with Crippen molar-refractivity contribution in [1.29, 1.82) is 0 Å². The van der Waals surface area contributed by atoms with Crippen molar-refractivity contribution in [3.05, 3.63) is 84.0 Å². The summed E-state index contributed by atoms with van der Waals surface area (Å²) < 4.78 is 53.7. The van der Waals surface area contributed by atoms with E-state index in [0.29, 0.717) is 85.7 Å². The van der Waals surface area contributed by atoms with Crippen LogP contribution < -0.4 is 31.9 Å². The summed E-state index contributed by atoms with van der Waals surface area (Å²) in [5.74, 6) is -2.01. The summed E-state index contributed by atoms with van der Waals surface area (Å²) in [5.41, 5.74) is 7.18. The van der Waals surface area contributed by atoms with Crippen LogP contribution in [0.2, 0.25) is 0 Å². The molecule has 3 heterocycles. The van der Waals surface area contributed by atoms with Gasteiger partial charge in [0.05, 0.1) is 11.7 Å². The van der Waals surface area contributed by atoms with Crippen molar-refractivity contribution in [2.75, 3.05) is 22.6 Å². The fourth-order valence-corrected chi connectivity index (χ4v) is 7.58. The maximum absolute atomic E-state index is 14.1. The van der Waals surface area contributed by atoms with Crippen molar-refractivity contribution in [2.24, 2.45) is 5.73 Å². The Morgan fingerprint density at radius 1 is 0.667 bits per heavy atom. The molecule has 3 aromatic carbocycles. The number of likely N-dealkylation sites (N-methyl/N-ethyl adjacent to an activating group) is 1. The molecule has 0 spiro atoms. The number of ether oxygens (including phenoxy) is 2. The van der Waals surface area contributed by atoms with E-state index in [0.717, 1.165) is 0 Å². The molecule has 6 rings (SSSR count). The number of hydrogen-bond donors (Lipinski definition) is 5. The van der Waals surface area contributed by atoms with Crippen molar-refractivity contribution >= 4 is 94.8 Å². The van der Waals surface area contributed by atoms with Crippen molar-refractivity contribution in [3.8, 4) is 0 Å². The highest BCUT2D eigenvalue weighted by molar-refractivity contribution is 9.11. The predicted octanol–water partition coefficient (Wildman–Crippen LogP) is 8.56. The molecule has 0 aliphatic carbocycles. The Kier molecular flexibility index (Phi) is 16.2. The van der Waals surface area contributed by atoms with Gasteiger partial charge in [0.2, 0.25) is 17.7 Å². The number of alkyl carbamates (subject to hydrolysis) is 2. The van der Waals surface area contributed by atoms with Gasteiger partial charge in [0.1, 0.15) is 40.7 Å². The Morgan fingerprint density at radius 2 is 1.07 bits per heavy atom. The fraction of sp³-hybridized carbons (Fsp3) is 0.439. The third-order valence-corrected chi connectivity index (χ3v) is 10.4. The molecule has 3 aliphatic heterocycles. The van der Waals surface area contributed by atoms with Crippen LogP contribution in [0.5, 0.6) is 0 Å². The number of amides is 5. The number of carbonyl (C=O) groups is 5. The van der Waals surface area contributed by atoms with Crippen molar-refractivity contribution in [2.45, 2.75) is 109 Å². The molecule has 326 valence electrons. The monoisotopic (exact) mass is 1030 g/mol. The zero-order valence-corrected chi connectivity index (χ0v) is 38.8. The molecule has 13 nitrogen and oxygen atoms in total. The number of rotatable bonds is 2. The van der Waals surface area contributed by atoms with Gasteiger partial charge in [0, 0.05) is 48.5 Å². The van der Waals surface area contributed by atoms with Gasteiger partial charge in [-0.25, -0.2) is 22.8 Å². The minimum absolute atomic E-state index is 0.258. The van der Waals surface area contributed by atoms with Crippen molar-refractivity contribution in [1.82, 2.24) is 10.6 Å². The smallest absolute Gasteiger partial charge is 0.408 e. The molecule has 19 heteroatoms. The van der Waals surface area contributed by atoms with E-state index >= 15 is 0 Å². The molecule has 0 aromatic heterocycles. The summed E-state index contributed by atoms with van der Waals surface area (Å²) in [6.45, 7) is 10.5. The van der Waals surface area contributed by atoms with Gasteiger partial charge >= 0.3 is 12.2 Å². The predicted molar refractivity (Wildman–Crippen MR) is 232 cm³/mol. The van der Waals surface area contributed by atoms with Gasteiger partial charge < -0.3 is 41.4 Å². The maximum atomic E-state index is 14.1. The number of nitrogens with one attached hydrogen (secondary N) is 4. The minimum Gasteiger partial charge on any atom is -0.444 e. The number of anilines is 3. The minimum atomic E-state index is -0.763. The summed E-state index contributed by atoms with van der Waals surface area (Å²) in [6.07, 6.45) is 0.937. The second kappa shape index (κ2) is 20.1. The van der Waals surface area contributed by atoms with E-state index in [1.165, 1.54) is 23.1 Å². The van der Waals surface area contributed by atoms with Crippen LogP contribution in [0.4, 0.5) is 39.8 Å². The molecule has 6 N–H and O–H groups in total. The molecule has 60 heavy (non-hydrogen) atoms. The highest BCUT2D eigenvalue weighted by Crippen LogP contribution is 2.33. The summed E-state index contributed by atoms with van der Waals surface area (Å²) in [5, 5.41) is 10.4. The first-order chi connectivity index (χ1) is 27.8. The van der Waals surface area contributed by atoms with Crippen LogP contribution >= 0.6 is 47.8 Å². The van der Waals surface area contributed by atoms with Gasteiger partial charge in [0.15, 0.2) is 0 Å². The average molecular weight is 1030 g/mol. The number of nitrogens with zero attached hydrogens (tertiary/aromatic N) is 1. The topological polar surface area (TPSA) is 181 Å². The largest absolute Gasteiger partial charge is 0.444 e. The Labute approximate surface area is 371 Å². The summed E-state index contributed by atoms with van der Waals surface area (Å²) >= 11 is 9.61. The third kappa shape index (κ3) is 13.7. The highest BCUT2D eigenvalue weighted by atomic mass is 79.9. The molecular formula is C41H48Br3F3N6O7. The molecular weight excluding hydrogens is 985 g/mol.